The van der Waals surface area contributed by atoms with Crippen LogP contribution < -0.4 is 15.8 Å². The number of nitrogens with zero attached hydrogens (tertiary/aromatic N) is 1. The van der Waals surface area contributed by atoms with Gasteiger partial charge in [-0.1, -0.05) is 12.1 Å². The van der Waals surface area contributed by atoms with Crippen molar-refractivity contribution in [2.24, 2.45) is 5.73 Å². The van der Waals surface area contributed by atoms with Crippen molar-refractivity contribution in [1.82, 2.24) is 4.98 Å². The Morgan fingerprint density at radius 1 is 1.17 bits per heavy atom. The lowest BCUT2D eigenvalue weighted by Gasteiger charge is -2.11. The molecule has 6 heteroatoms. The van der Waals surface area contributed by atoms with E-state index in [1.807, 2.05) is 48.5 Å². The Bertz CT molecular complexity index is 777. The molecule has 0 saturated carbocycles. The number of para-hydroxylation sites is 1. The molecule has 0 spiro atoms. The van der Waals surface area contributed by atoms with Crippen molar-refractivity contribution >= 4 is 34.9 Å². The van der Waals surface area contributed by atoms with Gasteiger partial charge < -0.3 is 20.9 Å². The number of ether oxygens (including phenoxy) is 1. The zero-order valence-electron chi connectivity index (χ0n) is 13.4. The normalized spacial score (nSPS) is 10.0. The number of fused-ring (bicyclic) bond motifs is 1. The molecule has 0 radical (unpaired) electrons. The van der Waals surface area contributed by atoms with Gasteiger partial charge in [-0.3, -0.25) is 4.98 Å². The molecular formula is C18H21N3O2S. The Morgan fingerprint density at radius 2 is 1.88 bits per heavy atom. The van der Waals surface area contributed by atoms with Gasteiger partial charge in [0.25, 0.3) is 0 Å². The van der Waals surface area contributed by atoms with Gasteiger partial charge >= 0.3 is 0 Å². The van der Waals surface area contributed by atoms with Crippen LogP contribution in [0.2, 0.25) is 0 Å². The van der Waals surface area contributed by atoms with Crippen LogP contribution in [0.25, 0.3) is 10.9 Å². The van der Waals surface area contributed by atoms with Crippen LogP contribution in [0.1, 0.15) is 0 Å². The Labute approximate surface area is 146 Å². The largest absolute Gasteiger partial charge is 0.494 e. The lowest BCUT2D eigenvalue weighted by atomic mass is 10.1. The molecule has 5 nitrogen and oxygen atoms in total. The molecule has 0 fully saturated rings. The summed E-state index contributed by atoms with van der Waals surface area (Å²) < 4.78 is 5.35. The number of hydrogen-bond donors (Lipinski definition) is 4. The lowest BCUT2D eigenvalue weighted by Crippen LogP contribution is -2.02. The van der Waals surface area contributed by atoms with Crippen molar-refractivity contribution in [2.45, 2.75) is 4.90 Å². The Kier molecular flexibility index (Phi) is 6.87. The molecule has 0 unspecified atom stereocenters. The van der Waals surface area contributed by atoms with Crippen molar-refractivity contribution in [3.63, 3.8) is 0 Å². The van der Waals surface area contributed by atoms with Crippen LogP contribution in [0.4, 0.5) is 11.4 Å². The molecule has 0 amide bonds. The number of nitrogens with one attached hydrogen (secondary N) is 1. The number of thiol groups is 1. The lowest BCUT2D eigenvalue weighted by molar-refractivity contribution is 0.306. The Morgan fingerprint density at radius 3 is 2.50 bits per heavy atom. The summed E-state index contributed by atoms with van der Waals surface area (Å²) in [7, 11) is 1.65. The number of rotatable bonds is 4. The minimum absolute atomic E-state index is 0.0972. The molecule has 1 heterocycles. The van der Waals surface area contributed by atoms with E-state index in [2.05, 4.69) is 22.9 Å². The van der Waals surface area contributed by atoms with Gasteiger partial charge in [-0.05, 0) is 36.4 Å². The molecule has 0 aliphatic carbocycles. The molecule has 0 bridgehead atoms. The summed E-state index contributed by atoms with van der Waals surface area (Å²) in [5, 5.41) is 12.2. The first-order valence-corrected chi connectivity index (χ1v) is 7.93. The summed E-state index contributed by atoms with van der Waals surface area (Å²) in [5.41, 5.74) is 7.64. The molecule has 1 aromatic heterocycles. The average Bonchev–Trinajstić information content (AvgIpc) is 2.63. The van der Waals surface area contributed by atoms with Crippen LogP contribution in [0.5, 0.6) is 5.75 Å². The highest BCUT2D eigenvalue weighted by Gasteiger charge is 2.06. The molecule has 3 aromatic rings. The third-order valence-corrected chi connectivity index (χ3v) is 3.53. The number of benzene rings is 2. The van der Waals surface area contributed by atoms with E-state index >= 15 is 0 Å². The van der Waals surface area contributed by atoms with Crippen LogP contribution in [0.15, 0.2) is 59.6 Å². The zero-order chi connectivity index (χ0) is 17.4. The van der Waals surface area contributed by atoms with Crippen molar-refractivity contribution in [3.05, 3.63) is 54.7 Å². The molecule has 0 aliphatic heterocycles. The number of anilines is 2. The van der Waals surface area contributed by atoms with Crippen molar-refractivity contribution < 1.29 is 9.84 Å². The van der Waals surface area contributed by atoms with Crippen molar-refractivity contribution in [2.75, 3.05) is 25.6 Å². The van der Waals surface area contributed by atoms with E-state index in [1.165, 1.54) is 0 Å². The number of pyridine rings is 1. The van der Waals surface area contributed by atoms with E-state index in [1.54, 1.807) is 13.3 Å². The van der Waals surface area contributed by atoms with Gasteiger partial charge in [-0.15, -0.1) is 12.6 Å². The van der Waals surface area contributed by atoms with Crippen molar-refractivity contribution in [1.29, 1.82) is 0 Å². The number of aliphatic hydroxyl groups is 1. The first-order chi connectivity index (χ1) is 11.7. The molecule has 2 aromatic carbocycles. The third-order valence-electron chi connectivity index (χ3n) is 3.23. The predicted molar refractivity (Wildman–Crippen MR) is 101 cm³/mol. The monoisotopic (exact) mass is 343 g/mol. The summed E-state index contributed by atoms with van der Waals surface area (Å²) in [6.07, 6.45) is 1.78. The van der Waals surface area contributed by atoms with Crippen molar-refractivity contribution in [3.8, 4) is 5.75 Å². The van der Waals surface area contributed by atoms with E-state index in [9.17, 15) is 0 Å². The number of aliphatic hydroxyl groups excluding tert-OH is 1. The SMILES string of the molecule is COc1cccc2c(Nc3ccc(S)cc3)ccnc12.NCCO. The van der Waals surface area contributed by atoms with Crippen LogP contribution in [0, 0.1) is 0 Å². The van der Waals surface area contributed by atoms with E-state index in [0.29, 0.717) is 6.54 Å². The number of methoxy groups -OCH3 is 1. The fraction of sp³-hybridized carbons (Fsp3) is 0.167. The second kappa shape index (κ2) is 9.12. The number of nitrogens with two attached hydrogens (primary N) is 1. The second-order valence-electron chi connectivity index (χ2n) is 4.90. The molecule has 0 saturated heterocycles. The Balaban J connectivity index is 0.000000471. The first-order valence-electron chi connectivity index (χ1n) is 7.48. The maximum atomic E-state index is 7.75. The Hall–Kier alpha value is -2.28. The molecule has 0 aliphatic rings. The van der Waals surface area contributed by atoms with Gasteiger partial charge in [0, 0.05) is 34.4 Å². The maximum absolute atomic E-state index is 7.75. The zero-order valence-corrected chi connectivity index (χ0v) is 14.3. The summed E-state index contributed by atoms with van der Waals surface area (Å²) in [6.45, 7) is 0.472. The highest BCUT2D eigenvalue weighted by molar-refractivity contribution is 7.80. The second-order valence-corrected chi connectivity index (χ2v) is 5.42. The summed E-state index contributed by atoms with van der Waals surface area (Å²) in [5.74, 6) is 0.775. The average molecular weight is 343 g/mol. The van der Waals surface area contributed by atoms with Gasteiger partial charge in [0.2, 0.25) is 0 Å². The minimum atomic E-state index is 0.0972. The fourth-order valence-electron chi connectivity index (χ4n) is 2.12. The minimum Gasteiger partial charge on any atom is -0.494 e. The van der Waals surface area contributed by atoms with E-state index < -0.39 is 0 Å². The summed E-state index contributed by atoms with van der Waals surface area (Å²) >= 11 is 4.29. The molecule has 3 rings (SSSR count). The topological polar surface area (TPSA) is 80.4 Å². The summed E-state index contributed by atoms with van der Waals surface area (Å²) in [4.78, 5) is 5.33. The highest BCUT2D eigenvalue weighted by atomic mass is 32.1. The van der Waals surface area contributed by atoms with Gasteiger partial charge in [-0.2, -0.15) is 0 Å². The number of aromatic nitrogens is 1. The smallest absolute Gasteiger partial charge is 0.145 e. The fourth-order valence-corrected chi connectivity index (χ4v) is 2.27. The van der Waals surface area contributed by atoms with E-state index in [0.717, 1.165) is 32.9 Å². The van der Waals surface area contributed by atoms with Gasteiger partial charge in [0.1, 0.15) is 11.3 Å². The van der Waals surface area contributed by atoms with Gasteiger partial charge in [-0.25, -0.2) is 0 Å². The molecule has 24 heavy (non-hydrogen) atoms. The molecular weight excluding hydrogens is 322 g/mol. The van der Waals surface area contributed by atoms with Crippen LogP contribution in [-0.4, -0.2) is 30.4 Å². The van der Waals surface area contributed by atoms with Crippen LogP contribution >= 0.6 is 12.6 Å². The van der Waals surface area contributed by atoms with E-state index in [-0.39, 0.29) is 6.61 Å². The first kappa shape index (κ1) is 18.1. The van der Waals surface area contributed by atoms with Gasteiger partial charge in [0.15, 0.2) is 0 Å². The predicted octanol–water partition coefficient (Wildman–Crippen LogP) is 3.21. The standard InChI is InChI=1S/C16H14N2OS.C2H7NO/c1-19-15-4-2-3-13-14(9-10-17-16(13)15)18-11-5-7-12(20)8-6-11;3-1-2-4/h2-10,20H,1H3,(H,17,18);4H,1-3H2. The molecule has 0 atom stereocenters. The molecule has 4 N–H and O–H groups in total. The maximum Gasteiger partial charge on any atom is 0.145 e. The number of hydrogen-bond acceptors (Lipinski definition) is 6. The van der Waals surface area contributed by atoms with Gasteiger partial charge in [0.05, 0.1) is 13.7 Å². The van der Waals surface area contributed by atoms with Crippen LogP contribution in [0.3, 0.4) is 0 Å². The highest BCUT2D eigenvalue weighted by Crippen LogP contribution is 2.30. The summed E-state index contributed by atoms with van der Waals surface area (Å²) in [6, 6.07) is 15.8. The molecule has 126 valence electrons. The van der Waals surface area contributed by atoms with E-state index in [4.69, 9.17) is 15.6 Å². The quantitative estimate of drug-likeness (QED) is 0.547. The third kappa shape index (κ3) is 4.61. The van der Waals surface area contributed by atoms with Crippen LogP contribution in [-0.2, 0) is 0 Å².